The molecule has 0 bridgehead atoms. The van der Waals surface area contributed by atoms with E-state index in [-0.39, 0.29) is 12.4 Å². The van der Waals surface area contributed by atoms with E-state index in [4.69, 9.17) is 24.4 Å². The highest BCUT2D eigenvalue weighted by Crippen LogP contribution is 2.30. The molecule has 0 aliphatic carbocycles. The third kappa shape index (κ3) is 24.2. The zero-order valence-corrected chi connectivity index (χ0v) is 24.2. The predicted octanol–water partition coefficient (Wildman–Crippen LogP) is 6.93. The molecule has 9 nitrogen and oxygen atoms in total. The average Bonchev–Trinajstić information content (AvgIpc) is 2.70. The third-order valence-corrected chi connectivity index (χ3v) is 3.93. The summed E-state index contributed by atoms with van der Waals surface area (Å²) in [7, 11) is 0. The molecule has 9 heteroatoms. The van der Waals surface area contributed by atoms with Gasteiger partial charge in [-0.3, -0.25) is 9.68 Å². The summed E-state index contributed by atoms with van der Waals surface area (Å²) in [6.07, 6.45) is 4.73. The van der Waals surface area contributed by atoms with Gasteiger partial charge < -0.3 is 5.11 Å². The zero-order chi connectivity index (χ0) is 27.9. The Balaban J connectivity index is 0. The van der Waals surface area contributed by atoms with E-state index in [1.165, 1.54) is 0 Å². The number of carboxylic acid groups (broad SMARTS) is 1. The first-order valence-electron chi connectivity index (χ1n) is 12.6. The van der Waals surface area contributed by atoms with Gasteiger partial charge in [-0.25, -0.2) is 14.6 Å². The van der Waals surface area contributed by atoms with E-state index < -0.39 is 34.5 Å². The summed E-state index contributed by atoms with van der Waals surface area (Å²) in [4.78, 5) is 53.4. The van der Waals surface area contributed by atoms with Crippen molar-refractivity contribution in [3.63, 3.8) is 0 Å². The van der Waals surface area contributed by atoms with Crippen LogP contribution in [0.25, 0.3) is 0 Å². The lowest BCUT2D eigenvalue weighted by Crippen LogP contribution is -2.41. The Morgan fingerprint density at radius 1 is 0.686 bits per heavy atom. The highest BCUT2D eigenvalue weighted by atomic mass is 17.3. The second-order valence-electron chi connectivity index (χ2n) is 11.8. The first-order chi connectivity index (χ1) is 15.7. The number of aliphatic carboxylic acids is 1. The molecule has 0 fully saturated rings. The van der Waals surface area contributed by atoms with E-state index in [1.54, 1.807) is 6.92 Å². The molecular formula is C26H52O9. The zero-order valence-electron chi connectivity index (χ0n) is 24.2. The van der Waals surface area contributed by atoms with Gasteiger partial charge in [-0.2, -0.15) is 14.7 Å². The van der Waals surface area contributed by atoms with Crippen LogP contribution in [0.1, 0.15) is 128 Å². The number of rotatable bonds is 14. The molecule has 0 radical (unpaired) electrons. The summed E-state index contributed by atoms with van der Waals surface area (Å²) in [5.41, 5.74) is -1.51. The molecule has 1 atom stereocenters. The maximum absolute atomic E-state index is 11.5. The number of carbonyl (C=O) groups is 2. The van der Waals surface area contributed by atoms with Crippen LogP contribution in [-0.4, -0.2) is 39.6 Å². The van der Waals surface area contributed by atoms with E-state index in [2.05, 4.69) is 4.89 Å². The minimum Gasteiger partial charge on any atom is -0.481 e. The normalized spacial score (nSPS) is 13.6. The van der Waals surface area contributed by atoms with Gasteiger partial charge in [0, 0.05) is 12.8 Å². The summed E-state index contributed by atoms with van der Waals surface area (Å²) in [6.45, 7) is 22.2. The van der Waals surface area contributed by atoms with Crippen molar-refractivity contribution in [1.29, 1.82) is 0 Å². The molecule has 0 aliphatic rings. The SMILES string of the molecule is CCCCC(=O)OOC(C)(C)C.CCCCC(CC(C)(OOC(C)(C)C)OOC(C)(C)C)C(=O)O. The van der Waals surface area contributed by atoms with Gasteiger partial charge in [0.2, 0.25) is 5.79 Å². The van der Waals surface area contributed by atoms with Crippen molar-refractivity contribution in [3.8, 4) is 0 Å². The number of hydrogen-bond donors (Lipinski definition) is 1. The number of carbonyl (C=O) groups excluding carboxylic acids is 1. The molecule has 0 saturated heterocycles. The first-order valence-corrected chi connectivity index (χ1v) is 12.6. The molecule has 0 aromatic carbocycles. The van der Waals surface area contributed by atoms with Crippen LogP contribution in [0.15, 0.2) is 0 Å². The smallest absolute Gasteiger partial charge is 0.342 e. The lowest BCUT2D eigenvalue weighted by Gasteiger charge is -2.34. The molecule has 0 amide bonds. The highest BCUT2D eigenvalue weighted by Gasteiger charge is 2.38. The largest absolute Gasteiger partial charge is 0.481 e. The van der Waals surface area contributed by atoms with Crippen LogP contribution in [0, 0.1) is 5.92 Å². The fraction of sp³-hybridized carbons (Fsp3) is 0.923. The van der Waals surface area contributed by atoms with Crippen molar-refractivity contribution < 1.29 is 44.0 Å². The molecular weight excluding hydrogens is 456 g/mol. The highest BCUT2D eigenvalue weighted by molar-refractivity contribution is 5.70. The molecule has 1 N–H and O–H groups in total. The quantitative estimate of drug-likeness (QED) is 0.152. The Morgan fingerprint density at radius 3 is 1.46 bits per heavy atom. The van der Waals surface area contributed by atoms with Crippen LogP contribution in [-0.2, 0) is 38.9 Å². The maximum Gasteiger partial charge on any atom is 0.342 e. The Kier molecular flexibility index (Phi) is 16.9. The van der Waals surface area contributed by atoms with Crippen molar-refractivity contribution in [2.75, 3.05) is 0 Å². The summed E-state index contributed by atoms with van der Waals surface area (Å²) in [5.74, 6) is -3.06. The van der Waals surface area contributed by atoms with Crippen LogP contribution >= 0.6 is 0 Å². The van der Waals surface area contributed by atoms with Crippen LogP contribution in [0.5, 0.6) is 0 Å². The van der Waals surface area contributed by atoms with E-state index >= 15 is 0 Å². The fourth-order valence-electron chi connectivity index (χ4n) is 2.25. The molecule has 35 heavy (non-hydrogen) atoms. The predicted molar refractivity (Wildman–Crippen MR) is 134 cm³/mol. The Hall–Kier alpha value is -1.26. The topological polar surface area (TPSA) is 110 Å². The van der Waals surface area contributed by atoms with Gasteiger partial charge in [0.15, 0.2) is 0 Å². The second-order valence-corrected chi connectivity index (χ2v) is 11.8. The summed E-state index contributed by atoms with van der Waals surface area (Å²) < 4.78 is 0. The van der Waals surface area contributed by atoms with Crippen LogP contribution in [0.2, 0.25) is 0 Å². The lowest BCUT2D eigenvalue weighted by atomic mass is 9.94. The van der Waals surface area contributed by atoms with Crippen molar-refractivity contribution in [2.24, 2.45) is 5.92 Å². The maximum atomic E-state index is 11.5. The van der Waals surface area contributed by atoms with Crippen LogP contribution < -0.4 is 0 Å². The van der Waals surface area contributed by atoms with E-state index in [0.29, 0.717) is 12.8 Å². The molecule has 0 aliphatic heterocycles. The van der Waals surface area contributed by atoms with Crippen LogP contribution in [0.3, 0.4) is 0 Å². The molecule has 0 aromatic heterocycles. The molecule has 0 aromatic rings. The average molecular weight is 509 g/mol. The molecule has 1 unspecified atom stereocenters. The minimum absolute atomic E-state index is 0.133. The molecule has 0 rings (SSSR count). The molecule has 210 valence electrons. The van der Waals surface area contributed by atoms with Gasteiger partial charge in [-0.15, -0.1) is 0 Å². The minimum atomic E-state index is -1.31. The van der Waals surface area contributed by atoms with Crippen molar-refractivity contribution in [2.45, 2.75) is 151 Å². The number of unbranched alkanes of at least 4 members (excludes halogenated alkanes) is 2. The third-order valence-electron chi connectivity index (χ3n) is 3.93. The van der Waals surface area contributed by atoms with Crippen molar-refractivity contribution in [3.05, 3.63) is 0 Å². The Bertz CT molecular complexity index is 565. The first kappa shape index (κ1) is 35.9. The number of carboxylic acids is 1. The standard InChI is InChI=1S/C17H34O6.C9H18O3/c1-9-10-11-13(14(18)19)12-17(8,22-20-15(2,3)4)23-21-16(5,6)7;1-5-6-7-8(10)11-12-9(2,3)4/h13H,9-12H2,1-8H3,(H,18,19);5-7H2,1-4H3. The Labute approximate surface area is 212 Å². The number of hydrogen-bond acceptors (Lipinski definition) is 8. The van der Waals surface area contributed by atoms with E-state index in [1.807, 2.05) is 76.2 Å². The van der Waals surface area contributed by atoms with Crippen molar-refractivity contribution >= 4 is 11.9 Å². The van der Waals surface area contributed by atoms with Crippen LogP contribution in [0.4, 0.5) is 0 Å². The van der Waals surface area contributed by atoms with Gasteiger partial charge in [0.25, 0.3) is 0 Å². The van der Waals surface area contributed by atoms with Gasteiger partial charge in [-0.1, -0.05) is 33.1 Å². The Morgan fingerprint density at radius 2 is 1.11 bits per heavy atom. The van der Waals surface area contributed by atoms with Gasteiger partial charge in [-0.05, 0) is 82.1 Å². The van der Waals surface area contributed by atoms with Gasteiger partial charge in [0.05, 0.1) is 17.1 Å². The summed E-state index contributed by atoms with van der Waals surface area (Å²) >= 11 is 0. The molecule has 0 saturated carbocycles. The summed E-state index contributed by atoms with van der Waals surface area (Å²) in [6, 6.07) is 0. The fourth-order valence-corrected chi connectivity index (χ4v) is 2.25. The van der Waals surface area contributed by atoms with Crippen molar-refractivity contribution in [1.82, 2.24) is 0 Å². The van der Waals surface area contributed by atoms with E-state index in [9.17, 15) is 14.7 Å². The van der Waals surface area contributed by atoms with Gasteiger partial charge >= 0.3 is 11.9 Å². The summed E-state index contributed by atoms with van der Waals surface area (Å²) in [5, 5.41) is 9.43. The van der Waals surface area contributed by atoms with E-state index in [0.717, 1.165) is 25.7 Å². The second kappa shape index (κ2) is 16.5. The van der Waals surface area contributed by atoms with Gasteiger partial charge in [0.1, 0.15) is 5.60 Å². The molecule has 0 heterocycles. The lowest BCUT2D eigenvalue weighted by molar-refractivity contribution is -0.538. The molecule has 0 spiro atoms. The monoisotopic (exact) mass is 508 g/mol.